The molecule has 108 valence electrons. The molecular formula is C16H14ClNO3. The Hall–Kier alpha value is -2.38. The molecule has 2 rings (SSSR count). The number of nitriles is 1. The van der Waals surface area contributed by atoms with Crippen LogP contribution in [0.3, 0.4) is 0 Å². The number of benzene rings is 2. The smallest absolute Gasteiger partial charge is 0.138 e. The molecule has 0 saturated heterocycles. The van der Waals surface area contributed by atoms with Gasteiger partial charge in [0.2, 0.25) is 0 Å². The standard InChI is InChI=1S/C16H14ClNO3/c1-19-12-5-7-13(8-6-12)20-9-10-21-16-4-2-3-15(17)14(16)11-18/h2-8H,9-10H2,1H3. The second-order valence-electron chi connectivity index (χ2n) is 4.10. The van der Waals surface area contributed by atoms with E-state index in [1.165, 1.54) is 0 Å². The summed E-state index contributed by atoms with van der Waals surface area (Å²) in [5, 5.41) is 9.41. The van der Waals surface area contributed by atoms with E-state index in [9.17, 15) is 0 Å². The van der Waals surface area contributed by atoms with Gasteiger partial charge < -0.3 is 14.2 Å². The number of rotatable bonds is 6. The molecule has 2 aromatic rings. The topological polar surface area (TPSA) is 51.5 Å². The van der Waals surface area contributed by atoms with Crippen molar-refractivity contribution in [3.63, 3.8) is 0 Å². The summed E-state index contributed by atoms with van der Waals surface area (Å²) in [5.41, 5.74) is 0.337. The van der Waals surface area contributed by atoms with Gasteiger partial charge in [-0.15, -0.1) is 0 Å². The van der Waals surface area contributed by atoms with E-state index in [0.29, 0.717) is 29.5 Å². The molecule has 0 aliphatic heterocycles. The highest BCUT2D eigenvalue weighted by Gasteiger charge is 2.07. The first-order valence-electron chi connectivity index (χ1n) is 6.33. The van der Waals surface area contributed by atoms with Crippen LogP contribution in [0.5, 0.6) is 17.2 Å². The first kappa shape index (κ1) is 15.0. The minimum Gasteiger partial charge on any atom is -0.497 e. The summed E-state index contributed by atoms with van der Waals surface area (Å²) in [6, 6.07) is 14.4. The van der Waals surface area contributed by atoms with Crippen molar-refractivity contribution in [3.05, 3.63) is 53.1 Å². The van der Waals surface area contributed by atoms with Gasteiger partial charge in [-0.05, 0) is 36.4 Å². The Labute approximate surface area is 128 Å². The molecule has 0 aromatic heterocycles. The minimum atomic E-state index is 0.320. The maximum Gasteiger partial charge on any atom is 0.138 e. The van der Waals surface area contributed by atoms with E-state index < -0.39 is 0 Å². The van der Waals surface area contributed by atoms with Crippen LogP contribution >= 0.6 is 11.6 Å². The minimum absolute atomic E-state index is 0.320. The fourth-order valence-corrected chi connectivity index (χ4v) is 1.92. The Morgan fingerprint density at radius 1 is 1.00 bits per heavy atom. The maximum atomic E-state index is 9.03. The van der Waals surface area contributed by atoms with Crippen molar-refractivity contribution in [1.29, 1.82) is 5.26 Å². The number of hydrogen-bond acceptors (Lipinski definition) is 4. The summed E-state index contributed by atoms with van der Waals surface area (Å²) in [6.45, 7) is 0.685. The van der Waals surface area contributed by atoms with E-state index in [1.807, 2.05) is 30.3 Å². The summed E-state index contributed by atoms with van der Waals surface area (Å²) in [4.78, 5) is 0. The lowest BCUT2D eigenvalue weighted by molar-refractivity contribution is 0.216. The van der Waals surface area contributed by atoms with Gasteiger partial charge in [0.1, 0.15) is 42.1 Å². The van der Waals surface area contributed by atoms with E-state index in [0.717, 1.165) is 11.5 Å². The highest BCUT2D eigenvalue weighted by atomic mass is 35.5. The van der Waals surface area contributed by atoms with Gasteiger partial charge in [0.05, 0.1) is 12.1 Å². The average molecular weight is 304 g/mol. The van der Waals surface area contributed by atoms with Crippen molar-refractivity contribution < 1.29 is 14.2 Å². The molecule has 0 aliphatic carbocycles. The van der Waals surface area contributed by atoms with E-state index in [-0.39, 0.29) is 0 Å². The zero-order chi connectivity index (χ0) is 15.1. The summed E-state index contributed by atoms with van der Waals surface area (Å²) >= 11 is 5.92. The van der Waals surface area contributed by atoms with Crippen LogP contribution in [0.2, 0.25) is 5.02 Å². The Kier molecular flexibility index (Phi) is 5.30. The van der Waals surface area contributed by atoms with Gasteiger partial charge in [-0.25, -0.2) is 0 Å². The number of halogens is 1. The van der Waals surface area contributed by atoms with Crippen molar-refractivity contribution in [2.75, 3.05) is 20.3 Å². The normalized spacial score (nSPS) is 9.76. The molecule has 0 N–H and O–H groups in total. The van der Waals surface area contributed by atoms with Crippen LogP contribution in [-0.4, -0.2) is 20.3 Å². The Morgan fingerprint density at radius 2 is 1.67 bits per heavy atom. The zero-order valence-electron chi connectivity index (χ0n) is 11.5. The van der Waals surface area contributed by atoms with Crippen LogP contribution < -0.4 is 14.2 Å². The lowest BCUT2D eigenvalue weighted by Crippen LogP contribution is -2.09. The molecule has 0 unspecified atom stereocenters. The third kappa shape index (κ3) is 4.04. The first-order chi connectivity index (χ1) is 10.2. The SMILES string of the molecule is COc1ccc(OCCOc2cccc(Cl)c2C#N)cc1. The van der Waals surface area contributed by atoms with E-state index in [2.05, 4.69) is 0 Å². The molecule has 0 bridgehead atoms. The highest BCUT2D eigenvalue weighted by molar-refractivity contribution is 6.31. The fourth-order valence-electron chi connectivity index (χ4n) is 1.72. The van der Waals surface area contributed by atoms with Crippen LogP contribution in [-0.2, 0) is 0 Å². The number of hydrogen-bond donors (Lipinski definition) is 0. The third-order valence-electron chi connectivity index (χ3n) is 2.76. The Morgan fingerprint density at radius 3 is 2.33 bits per heavy atom. The lowest BCUT2D eigenvalue weighted by Gasteiger charge is -2.10. The molecule has 0 atom stereocenters. The molecule has 0 saturated carbocycles. The predicted molar refractivity (Wildman–Crippen MR) is 80.2 cm³/mol. The molecular weight excluding hydrogens is 290 g/mol. The molecule has 0 fully saturated rings. The van der Waals surface area contributed by atoms with Gasteiger partial charge in [-0.1, -0.05) is 17.7 Å². The van der Waals surface area contributed by atoms with E-state index in [4.69, 9.17) is 31.1 Å². The van der Waals surface area contributed by atoms with Gasteiger partial charge in [-0.2, -0.15) is 5.26 Å². The summed E-state index contributed by atoms with van der Waals surface area (Å²) in [7, 11) is 1.61. The summed E-state index contributed by atoms with van der Waals surface area (Å²) in [6.07, 6.45) is 0. The van der Waals surface area contributed by atoms with E-state index in [1.54, 1.807) is 25.3 Å². The first-order valence-corrected chi connectivity index (χ1v) is 6.70. The lowest BCUT2D eigenvalue weighted by atomic mass is 10.2. The molecule has 0 heterocycles. The molecule has 0 amide bonds. The largest absolute Gasteiger partial charge is 0.497 e. The molecule has 0 spiro atoms. The van der Waals surface area contributed by atoms with Gasteiger partial charge in [-0.3, -0.25) is 0 Å². The average Bonchev–Trinajstić information content (AvgIpc) is 2.52. The summed E-state index contributed by atoms with van der Waals surface area (Å²) in [5.74, 6) is 1.96. The number of nitrogens with zero attached hydrogens (tertiary/aromatic N) is 1. The Bertz CT molecular complexity index is 635. The number of ether oxygens (including phenoxy) is 3. The molecule has 4 nitrogen and oxygen atoms in total. The highest BCUT2D eigenvalue weighted by Crippen LogP contribution is 2.25. The number of methoxy groups -OCH3 is 1. The van der Waals surface area contributed by atoms with Crippen LogP contribution in [0.25, 0.3) is 0 Å². The Balaban J connectivity index is 1.85. The maximum absolute atomic E-state index is 9.03. The third-order valence-corrected chi connectivity index (χ3v) is 3.07. The van der Waals surface area contributed by atoms with Crippen molar-refractivity contribution in [2.45, 2.75) is 0 Å². The monoisotopic (exact) mass is 303 g/mol. The van der Waals surface area contributed by atoms with Crippen LogP contribution in [0, 0.1) is 11.3 Å². The second-order valence-corrected chi connectivity index (χ2v) is 4.50. The van der Waals surface area contributed by atoms with Crippen molar-refractivity contribution in [2.24, 2.45) is 0 Å². The van der Waals surface area contributed by atoms with Crippen molar-refractivity contribution >= 4 is 11.6 Å². The van der Waals surface area contributed by atoms with Gasteiger partial charge in [0, 0.05) is 0 Å². The fraction of sp³-hybridized carbons (Fsp3) is 0.188. The van der Waals surface area contributed by atoms with Crippen LogP contribution in [0.15, 0.2) is 42.5 Å². The quantitative estimate of drug-likeness (QED) is 0.764. The van der Waals surface area contributed by atoms with Crippen molar-refractivity contribution in [3.8, 4) is 23.3 Å². The second kappa shape index (κ2) is 7.41. The summed E-state index contributed by atoms with van der Waals surface area (Å²) < 4.78 is 16.1. The molecule has 0 radical (unpaired) electrons. The van der Waals surface area contributed by atoms with Gasteiger partial charge >= 0.3 is 0 Å². The van der Waals surface area contributed by atoms with Crippen LogP contribution in [0.1, 0.15) is 5.56 Å². The zero-order valence-corrected chi connectivity index (χ0v) is 12.3. The van der Waals surface area contributed by atoms with E-state index >= 15 is 0 Å². The molecule has 21 heavy (non-hydrogen) atoms. The van der Waals surface area contributed by atoms with Crippen molar-refractivity contribution in [1.82, 2.24) is 0 Å². The predicted octanol–water partition coefficient (Wildman–Crippen LogP) is 3.68. The molecule has 5 heteroatoms. The van der Waals surface area contributed by atoms with Crippen LogP contribution in [0.4, 0.5) is 0 Å². The molecule has 0 aliphatic rings. The molecule has 2 aromatic carbocycles. The van der Waals surface area contributed by atoms with Gasteiger partial charge in [0.15, 0.2) is 0 Å². The van der Waals surface area contributed by atoms with Gasteiger partial charge in [0.25, 0.3) is 0 Å².